The number of nitriles is 1. The molecule has 0 atom stereocenters. The Hall–Kier alpha value is -2.78. The van der Waals surface area contributed by atoms with E-state index in [1.807, 2.05) is 38.1 Å². The summed E-state index contributed by atoms with van der Waals surface area (Å²) < 4.78 is 4.97. The maximum atomic E-state index is 11.8. The topological polar surface area (TPSA) is 79.2 Å². The number of hydrogen-bond donors (Lipinski definition) is 1. The number of nitrogens with one attached hydrogen (secondary N) is 1. The van der Waals surface area contributed by atoms with Crippen molar-refractivity contribution in [1.82, 2.24) is 0 Å². The predicted octanol–water partition coefficient (Wildman–Crippen LogP) is 3.45. The maximum absolute atomic E-state index is 11.8. The van der Waals surface area contributed by atoms with Gasteiger partial charge >= 0.3 is 5.97 Å². The summed E-state index contributed by atoms with van der Waals surface area (Å²) >= 11 is 1.36. The van der Waals surface area contributed by atoms with Crippen molar-refractivity contribution in [3.8, 4) is 6.07 Å². The molecule has 0 fully saturated rings. The molecule has 0 aliphatic rings. The second-order valence-corrected chi connectivity index (χ2v) is 6.45. The molecule has 0 aromatic heterocycles. The summed E-state index contributed by atoms with van der Waals surface area (Å²) in [6, 6.07) is 14.6. The summed E-state index contributed by atoms with van der Waals surface area (Å²) in [6.07, 6.45) is 0. The molecule has 0 aliphatic heterocycles. The number of para-hydroxylation sites is 1. The summed E-state index contributed by atoms with van der Waals surface area (Å²) in [4.78, 5) is 24.6. The van der Waals surface area contributed by atoms with Crippen LogP contribution in [-0.2, 0) is 14.3 Å². The van der Waals surface area contributed by atoms with Gasteiger partial charge in [0.15, 0.2) is 6.61 Å². The molecular formula is C19H18N2O3S. The van der Waals surface area contributed by atoms with Crippen molar-refractivity contribution in [3.05, 3.63) is 59.2 Å². The molecule has 5 nitrogen and oxygen atoms in total. The van der Waals surface area contributed by atoms with E-state index in [0.717, 1.165) is 10.5 Å². The van der Waals surface area contributed by atoms with Crippen molar-refractivity contribution in [2.75, 3.05) is 17.7 Å². The quantitative estimate of drug-likeness (QED) is 0.635. The Kier molecular flexibility index (Phi) is 6.61. The van der Waals surface area contributed by atoms with Crippen LogP contribution in [0.1, 0.15) is 16.7 Å². The van der Waals surface area contributed by atoms with Crippen molar-refractivity contribution >= 4 is 29.3 Å². The molecule has 2 aromatic rings. The molecule has 0 spiro atoms. The van der Waals surface area contributed by atoms with E-state index < -0.39 is 11.9 Å². The van der Waals surface area contributed by atoms with Crippen LogP contribution in [0.3, 0.4) is 0 Å². The Morgan fingerprint density at radius 1 is 1.16 bits per heavy atom. The van der Waals surface area contributed by atoms with Crippen LogP contribution in [0.15, 0.2) is 47.4 Å². The molecule has 0 saturated heterocycles. The summed E-state index contributed by atoms with van der Waals surface area (Å²) in [5.74, 6) is -0.816. The number of aryl methyl sites for hydroxylation is 2. The highest BCUT2D eigenvalue weighted by atomic mass is 32.2. The molecule has 2 rings (SSSR count). The number of nitrogens with zero attached hydrogens (tertiary/aromatic N) is 1. The fourth-order valence-corrected chi connectivity index (χ4v) is 2.80. The predicted molar refractivity (Wildman–Crippen MR) is 97.4 cm³/mol. The highest BCUT2D eigenvalue weighted by Crippen LogP contribution is 2.21. The van der Waals surface area contributed by atoms with Crippen LogP contribution >= 0.6 is 11.8 Å². The van der Waals surface area contributed by atoms with E-state index in [9.17, 15) is 9.59 Å². The van der Waals surface area contributed by atoms with Crippen LogP contribution in [0.4, 0.5) is 5.69 Å². The van der Waals surface area contributed by atoms with E-state index in [4.69, 9.17) is 10.00 Å². The molecule has 0 unspecified atom stereocenters. The zero-order valence-electron chi connectivity index (χ0n) is 14.0. The molecular weight excluding hydrogens is 336 g/mol. The monoisotopic (exact) mass is 354 g/mol. The smallest absolute Gasteiger partial charge is 0.316 e. The molecule has 128 valence electrons. The van der Waals surface area contributed by atoms with Gasteiger partial charge in [-0.25, -0.2) is 0 Å². The minimum Gasteiger partial charge on any atom is -0.455 e. The highest BCUT2D eigenvalue weighted by molar-refractivity contribution is 8.00. The molecule has 0 heterocycles. The van der Waals surface area contributed by atoms with Crippen molar-refractivity contribution in [1.29, 1.82) is 5.26 Å². The first-order valence-corrected chi connectivity index (χ1v) is 8.63. The van der Waals surface area contributed by atoms with Gasteiger partial charge in [-0.05, 0) is 49.2 Å². The Labute approximate surface area is 151 Å². The number of benzene rings is 2. The number of ether oxygens (including phenoxy) is 1. The maximum Gasteiger partial charge on any atom is 0.316 e. The highest BCUT2D eigenvalue weighted by Gasteiger charge is 2.10. The van der Waals surface area contributed by atoms with Gasteiger partial charge in [0, 0.05) is 4.90 Å². The van der Waals surface area contributed by atoms with Gasteiger partial charge in [-0.15, -0.1) is 11.8 Å². The van der Waals surface area contributed by atoms with E-state index in [1.54, 1.807) is 24.3 Å². The van der Waals surface area contributed by atoms with Crippen LogP contribution in [0.25, 0.3) is 0 Å². The minimum absolute atomic E-state index is 0.130. The van der Waals surface area contributed by atoms with Crippen molar-refractivity contribution in [2.24, 2.45) is 0 Å². The van der Waals surface area contributed by atoms with Gasteiger partial charge in [0.1, 0.15) is 6.07 Å². The Bertz CT molecular complexity index is 828. The average Bonchev–Trinajstić information content (AvgIpc) is 2.61. The molecule has 1 amide bonds. The lowest BCUT2D eigenvalue weighted by Crippen LogP contribution is -2.22. The first kappa shape index (κ1) is 18.6. The normalized spacial score (nSPS) is 9.96. The van der Waals surface area contributed by atoms with Gasteiger partial charge in [0.05, 0.1) is 17.0 Å². The molecule has 0 bridgehead atoms. The molecule has 0 radical (unpaired) electrons. The summed E-state index contributed by atoms with van der Waals surface area (Å²) in [7, 11) is 0. The largest absolute Gasteiger partial charge is 0.455 e. The van der Waals surface area contributed by atoms with Gasteiger partial charge in [-0.1, -0.05) is 18.2 Å². The third kappa shape index (κ3) is 5.66. The first-order valence-electron chi connectivity index (χ1n) is 7.64. The molecule has 1 N–H and O–H groups in total. The second-order valence-electron chi connectivity index (χ2n) is 5.40. The Morgan fingerprint density at radius 3 is 2.64 bits per heavy atom. The number of anilines is 1. The average molecular weight is 354 g/mol. The number of thioether (sulfide) groups is 1. The zero-order chi connectivity index (χ0) is 18.2. The second kappa shape index (κ2) is 8.90. The number of carbonyl (C=O) groups excluding carboxylic acids is 2. The Balaban J connectivity index is 1.78. The van der Waals surface area contributed by atoms with Gasteiger partial charge < -0.3 is 10.1 Å². The first-order chi connectivity index (χ1) is 12.0. The van der Waals surface area contributed by atoms with Gasteiger partial charge in [0.25, 0.3) is 5.91 Å². The number of carbonyl (C=O) groups is 2. The third-order valence-electron chi connectivity index (χ3n) is 3.52. The van der Waals surface area contributed by atoms with Crippen LogP contribution in [0.2, 0.25) is 0 Å². The van der Waals surface area contributed by atoms with Crippen LogP contribution in [0.5, 0.6) is 0 Å². The molecule has 0 aliphatic carbocycles. The number of esters is 1. The Morgan fingerprint density at radius 2 is 1.92 bits per heavy atom. The van der Waals surface area contributed by atoms with Crippen LogP contribution < -0.4 is 5.32 Å². The lowest BCUT2D eigenvalue weighted by Gasteiger charge is -2.08. The molecule has 6 heteroatoms. The molecule has 2 aromatic carbocycles. The van der Waals surface area contributed by atoms with Crippen molar-refractivity contribution in [2.45, 2.75) is 18.7 Å². The van der Waals surface area contributed by atoms with E-state index in [1.165, 1.54) is 17.3 Å². The zero-order valence-corrected chi connectivity index (χ0v) is 14.9. The lowest BCUT2D eigenvalue weighted by atomic mass is 10.1. The summed E-state index contributed by atoms with van der Waals surface area (Å²) in [5.41, 5.74) is 3.11. The van der Waals surface area contributed by atoms with Crippen molar-refractivity contribution < 1.29 is 14.3 Å². The SMILES string of the molecule is Cc1ccc(SCC(=O)OCC(=O)Nc2ccccc2C#N)cc1C. The molecule has 0 saturated carbocycles. The fourth-order valence-electron chi connectivity index (χ4n) is 2.01. The van der Waals surface area contributed by atoms with Gasteiger partial charge in [-0.3, -0.25) is 9.59 Å². The standard InChI is InChI=1S/C19H18N2O3S/c1-13-7-8-16(9-14(13)2)25-12-19(23)24-11-18(22)21-17-6-4-3-5-15(17)10-20/h3-9H,11-12H2,1-2H3,(H,21,22). The lowest BCUT2D eigenvalue weighted by molar-refractivity contribution is -0.144. The van der Waals surface area contributed by atoms with Crippen LogP contribution in [0, 0.1) is 25.2 Å². The van der Waals surface area contributed by atoms with Crippen LogP contribution in [-0.4, -0.2) is 24.2 Å². The van der Waals surface area contributed by atoms with E-state index in [0.29, 0.717) is 11.3 Å². The van der Waals surface area contributed by atoms with E-state index in [2.05, 4.69) is 5.32 Å². The number of amides is 1. The number of rotatable bonds is 6. The third-order valence-corrected chi connectivity index (χ3v) is 4.49. The summed E-state index contributed by atoms with van der Waals surface area (Å²) in [6.45, 7) is 3.66. The van der Waals surface area contributed by atoms with Gasteiger partial charge in [0.2, 0.25) is 0 Å². The number of hydrogen-bond acceptors (Lipinski definition) is 5. The minimum atomic E-state index is -0.479. The van der Waals surface area contributed by atoms with Crippen molar-refractivity contribution in [3.63, 3.8) is 0 Å². The van der Waals surface area contributed by atoms with E-state index >= 15 is 0 Å². The van der Waals surface area contributed by atoms with Gasteiger partial charge in [-0.2, -0.15) is 5.26 Å². The molecule has 25 heavy (non-hydrogen) atoms. The summed E-state index contributed by atoms with van der Waals surface area (Å²) in [5, 5.41) is 11.5. The van der Waals surface area contributed by atoms with E-state index in [-0.39, 0.29) is 12.4 Å². The fraction of sp³-hybridized carbons (Fsp3) is 0.211.